The van der Waals surface area contributed by atoms with Gasteiger partial charge in [0.15, 0.2) is 6.23 Å². The van der Waals surface area contributed by atoms with E-state index in [1.165, 1.54) is 0 Å². The van der Waals surface area contributed by atoms with Gasteiger partial charge in [0, 0.05) is 17.6 Å². The smallest absolute Gasteiger partial charge is 0.150 e. The molecule has 0 amide bonds. The molecule has 1 aromatic heterocycles. The summed E-state index contributed by atoms with van der Waals surface area (Å²) in [7, 11) is 0. The summed E-state index contributed by atoms with van der Waals surface area (Å²) in [6, 6.07) is 20.7. The number of fused-ring (bicyclic) bond motifs is 2. The summed E-state index contributed by atoms with van der Waals surface area (Å²) in [5.41, 5.74) is 3.56. The van der Waals surface area contributed by atoms with E-state index >= 15 is 0 Å². The molecule has 4 aromatic rings. The van der Waals surface area contributed by atoms with Gasteiger partial charge in [0.25, 0.3) is 0 Å². The highest BCUT2D eigenvalue weighted by Crippen LogP contribution is 2.35. The number of hydrogen-bond donors (Lipinski definition) is 0. The third kappa shape index (κ3) is 4.44. The fourth-order valence-corrected chi connectivity index (χ4v) is 4.43. The molecule has 5 heteroatoms. The van der Waals surface area contributed by atoms with E-state index in [4.69, 9.17) is 14.6 Å². The predicted octanol–water partition coefficient (Wildman–Crippen LogP) is 6.85. The monoisotopic (exact) mass is 439 g/mol. The zero-order valence-corrected chi connectivity index (χ0v) is 19.3. The Morgan fingerprint density at radius 1 is 1.09 bits per heavy atom. The van der Waals surface area contributed by atoms with Crippen molar-refractivity contribution in [3.8, 4) is 23.1 Å². The van der Waals surface area contributed by atoms with Gasteiger partial charge in [-0.3, -0.25) is 0 Å². The Hall–Kier alpha value is -3.36. The topological polar surface area (TPSA) is 60.1 Å². The summed E-state index contributed by atoms with van der Waals surface area (Å²) in [5, 5.41) is 17.7. The van der Waals surface area contributed by atoms with E-state index < -0.39 is 0 Å². The Bertz CT molecular complexity index is 1330. The number of hydrogen-bond acceptors (Lipinski definition) is 4. The van der Waals surface area contributed by atoms with Gasteiger partial charge in [-0.2, -0.15) is 10.4 Å². The molecule has 0 saturated carbocycles. The van der Waals surface area contributed by atoms with Crippen molar-refractivity contribution in [2.24, 2.45) is 5.92 Å². The number of nitriles is 1. The zero-order chi connectivity index (χ0) is 22.8. The van der Waals surface area contributed by atoms with Crippen molar-refractivity contribution >= 4 is 21.7 Å². The van der Waals surface area contributed by atoms with Gasteiger partial charge in [0.1, 0.15) is 11.4 Å². The highest BCUT2D eigenvalue weighted by molar-refractivity contribution is 5.97. The number of rotatable bonds is 6. The second kappa shape index (κ2) is 9.25. The maximum atomic E-state index is 9.46. The molecule has 2 heterocycles. The van der Waals surface area contributed by atoms with Crippen LogP contribution in [0.2, 0.25) is 0 Å². The van der Waals surface area contributed by atoms with E-state index in [9.17, 15) is 5.26 Å². The first-order valence-corrected chi connectivity index (χ1v) is 11.8. The minimum Gasteiger partial charge on any atom is -0.494 e. The predicted molar refractivity (Wildman–Crippen MR) is 131 cm³/mol. The zero-order valence-electron chi connectivity index (χ0n) is 19.3. The van der Waals surface area contributed by atoms with Crippen LogP contribution in [-0.2, 0) is 4.74 Å². The molecular weight excluding hydrogens is 410 g/mol. The molecule has 1 unspecified atom stereocenters. The SMILES string of the molecule is CC(C)CCOc1ccc2cc(-c3nn(C4CCCCO4)c4ccc(C#N)cc34)ccc2c1. The molecule has 3 aromatic carbocycles. The molecule has 168 valence electrons. The van der Waals surface area contributed by atoms with E-state index in [1.807, 2.05) is 28.9 Å². The lowest BCUT2D eigenvalue weighted by Gasteiger charge is -2.23. The molecule has 1 saturated heterocycles. The van der Waals surface area contributed by atoms with Gasteiger partial charge in [-0.1, -0.05) is 32.0 Å². The summed E-state index contributed by atoms with van der Waals surface area (Å²) in [6.07, 6.45) is 4.16. The Morgan fingerprint density at radius 3 is 2.73 bits per heavy atom. The molecule has 1 fully saturated rings. The van der Waals surface area contributed by atoms with Crippen molar-refractivity contribution in [2.75, 3.05) is 13.2 Å². The van der Waals surface area contributed by atoms with Crippen molar-refractivity contribution in [1.29, 1.82) is 5.26 Å². The number of aromatic nitrogens is 2. The van der Waals surface area contributed by atoms with Crippen molar-refractivity contribution in [1.82, 2.24) is 9.78 Å². The average Bonchev–Trinajstić information content (AvgIpc) is 3.23. The molecule has 0 aliphatic carbocycles. The van der Waals surface area contributed by atoms with Crippen LogP contribution in [0.4, 0.5) is 0 Å². The van der Waals surface area contributed by atoms with E-state index in [1.54, 1.807) is 0 Å². The van der Waals surface area contributed by atoms with Gasteiger partial charge < -0.3 is 9.47 Å². The van der Waals surface area contributed by atoms with Crippen molar-refractivity contribution in [3.63, 3.8) is 0 Å². The summed E-state index contributed by atoms with van der Waals surface area (Å²) < 4.78 is 14.0. The minimum atomic E-state index is -0.0612. The Balaban J connectivity index is 1.53. The van der Waals surface area contributed by atoms with Gasteiger partial charge in [-0.05, 0) is 78.8 Å². The van der Waals surface area contributed by atoms with Crippen LogP contribution in [0.5, 0.6) is 5.75 Å². The fourth-order valence-electron chi connectivity index (χ4n) is 4.43. The van der Waals surface area contributed by atoms with Crippen LogP contribution in [-0.4, -0.2) is 23.0 Å². The Kier molecular flexibility index (Phi) is 6.02. The molecule has 1 atom stereocenters. The van der Waals surface area contributed by atoms with Crippen LogP contribution in [0.1, 0.15) is 51.3 Å². The molecule has 5 rings (SSSR count). The minimum absolute atomic E-state index is 0.0612. The molecule has 0 N–H and O–H groups in total. The second-order valence-electron chi connectivity index (χ2n) is 9.21. The molecule has 1 aliphatic rings. The lowest BCUT2D eigenvalue weighted by Crippen LogP contribution is -2.19. The molecular formula is C28H29N3O2. The highest BCUT2D eigenvalue weighted by atomic mass is 16.5. The molecule has 1 aliphatic heterocycles. The molecule has 0 spiro atoms. The van der Waals surface area contributed by atoms with Gasteiger partial charge in [-0.15, -0.1) is 0 Å². The highest BCUT2D eigenvalue weighted by Gasteiger charge is 2.22. The van der Waals surface area contributed by atoms with Crippen molar-refractivity contribution < 1.29 is 9.47 Å². The second-order valence-corrected chi connectivity index (χ2v) is 9.21. The van der Waals surface area contributed by atoms with Crippen LogP contribution < -0.4 is 4.74 Å². The lowest BCUT2D eigenvalue weighted by molar-refractivity contribution is -0.0365. The first-order chi connectivity index (χ1) is 16.1. The third-order valence-electron chi connectivity index (χ3n) is 6.31. The molecule has 0 radical (unpaired) electrons. The largest absolute Gasteiger partial charge is 0.494 e. The number of nitrogens with zero attached hydrogens (tertiary/aromatic N) is 3. The maximum Gasteiger partial charge on any atom is 0.150 e. The quantitative estimate of drug-likeness (QED) is 0.329. The van der Waals surface area contributed by atoms with Crippen molar-refractivity contribution in [2.45, 2.75) is 45.8 Å². The van der Waals surface area contributed by atoms with Crippen LogP contribution in [0, 0.1) is 17.2 Å². The first kappa shape index (κ1) is 21.5. The summed E-state index contributed by atoms with van der Waals surface area (Å²) in [6.45, 7) is 5.90. The number of ether oxygens (including phenoxy) is 2. The molecule has 0 bridgehead atoms. The number of benzene rings is 3. The van der Waals surface area contributed by atoms with Gasteiger partial charge >= 0.3 is 0 Å². The van der Waals surface area contributed by atoms with Crippen LogP contribution in [0.3, 0.4) is 0 Å². The first-order valence-electron chi connectivity index (χ1n) is 11.8. The van der Waals surface area contributed by atoms with Crippen LogP contribution in [0.25, 0.3) is 32.9 Å². The van der Waals surface area contributed by atoms with Crippen molar-refractivity contribution in [3.05, 3.63) is 60.2 Å². The maximum absolute atomic E-state index is 9.46. The Labute approximate surface area is 194 Å². The van der Waals surface area contributed by atoms with E-state index in [0.29, 0.717) is 11.5 Å². The van der Waals surface area contributed by atoms with Crippen LogP contribution in [0.15, 0.2) is 54.6 Å². The normalized spacial score (nSPS) is 16.4. The standard InChI is InChI=1S/C28H29N3O2/c1-19(2)12-14-32-24-10-9-21-16-23(8-7-22(21)17-24)28-25-15-20(18-29)6-11-26(25)31(30-28)27-5-3-4-13-33-27/h6-11,15-17,19,27H,3-5,12-14H2,1-2H3. The van der Waals surface area contributed by atoms with E-state index in [2.05, 4.69) is 50.2 Å². The summed E-state index contributed by atoms with van der Waals surface area (Å²) in [4.78, 5) is 0. The van der Waals surface area contributed by atoms with Gasteiger partial charge in [0.05, 0.1) is 23.8 Å². The summed E-state index contributed by atoms with van der Waals surface area (Å²) >= 11 is 0. The molecule has 5 nitrogen and oxygen atoms in total. The van der Waals surface area contributed by atoms with Gasteiger partial charge in [-0.25, -0.2) is 4.68 Å². The Morgan fingerprint density at radius 2 is 1.94 bits per heavy atom. The van der Waals surface area contributed by atoms with Crippen LogP contribution >= 0.6 is 0 Å². The average molecular weight is 440 g/mol. The van der Waals surface area contributed by atoms with E-state index in [-0.39, 0.29) is 6.23 Å². The fraction of sp³-hybridized carbons (Fsp3) is 0.357. The van der Waals surface area contributed by atoms with Gasteiger partial charge in [0.2, 0.25) is 0 Å². The molecule has 33 heavy (non-hydrogen) atoms. The summed E-state index contributed by atoms with van der Waals surface area (Å²) in [5.74, 6) is 1.53. The van der Waals surface area contributed by atoms with E-state index in [0.717, 1.165) is 77.6 Å². The lowest BCUT2D eigenvalue weighted by atomic mass is 10.0. The third-order valence-corrected chi connectivity index (χ3v) is 6.31.